The summed E-state index contributed by atoms with van der Waals surface area (Å²) in [6.45, 7) is 1.37. The second-order valence-electron chi connectivity index (χ2n) is 3.98. The maximum atomic E-state index is 11.9. The summed E-state index contributed by atoms with van der Waals surface area (Å²) in [5.41, 5.74) is 5.34. The maximum absolute atomic E-state index is 11.9. The number of amides is 1. The lowest BCUT2D eigenvalue weighted by Crippen LogP contribution is -2.41. The van der Waals surface area contributed by atoms with Gasteiger partial charge in [0.2, 0.25) is 11.8 Å². The van der Waals surface area contributed by atoms with Crippen LogP contribution in [-0.2, 0) is 0 Å². The van der Waals surface area contributed by atoms with Gasteiger partial charge in [0.25, 0.3) is 5.91 Å². The highest BCUT2D eigenvalue weighted by Crippen LogP contribution is 2.17. The third-order valence-electron chi connectivity index (χ3n) is 2.77. The SMILES string of the molecule is Nc1n[nH]c(C(=O)N2CCCC(CO)C2)n1. The number of carbonyl (C=O) groups is 1. The van der Waals surface area contributed by atoms with Crippen LogP contribution in [0.2, 0.25) is 0 Å². The van der Waals surface area contributed by atoms with Crippen molar-refractivity contribution in [3.8, 4) is 0 Å². The largest absolute Gasteiger partial charge is 0.396 e. The van der Waals surface area contributed by atoms with Crippen molar-refractivity contribution in [3.63, 3.8) is 0 Å². The molecule has 1 fully saturated rings. The van der Waals surface area contributed by atoms with E-state index in [1.807, 2.05) is 0 Å². The lowest BCUT2D eigenvalue weighted by atomic mass is 9.99. The highest BCUT2D eigenvalue weighted by atomic mass is 16.3. The molecule has 0 aliphatic carbocycles. The van der Waals surface area contributed by atoms with Crippen molar-refractivity contribution in [2.45, 2.75) is 12.8 Å². The molecule has 0 bridgehead atoms. The minimum absolute atomic E-state index is 0.0686. The van der Waals surface area contributed by atoms with Gasteiger partial charge in [-0.25, -0.2) is 0 Å². The van der Waals surface area contributed by atoms with Crippen molar-refractivity contribution in [2.24, 2.45) is 5.92 Å². The fourth-order valence-electron chi connectivity index (χ4n) is 1.92. The first-order valence-electron chi connectivity index (χ1n) is 5.28. The predicted octanol–water partition coefficient (Wildman–Crippen LogP) is -0.769. The summed E-state index contributed by atoms with van der Waals surface area (Å²) in [5.74, 6) is 0.190. The van der Waals surface area contributed by atoms with E-state index in [1.165, 1.54) is 0 Å². The summed E-state index contributed by atoms with van der Waals surface area (Å²) in [6.07, 6.45) is 1.86. The van der Waals surface area contributed by atoms with Gasteiger partial charge in [-0.15, -0.1) is 5.10 Å². The van der Waals surface area contributed by atoms with Gasteiger partial charge >= 0.3 is 0 Å². The fraction of sp³-hybridized carbons (Fsp3) is 0.667. The molecular formula is C9H15N5O2. The number of aromatic amines is 1. The Labute approximate surface area is 92.7 Å². The summed E-state index contributed by atoms with van der Waals surface area (Å²) >= 11 is 0. The smallest absolute Gasteiger partial charge is 0.291 e. The van der Waals surface area contributed by atoms with Crippen LogP contribution in [0.4, 0.5) is 5.95 Å². The third kappa shape index (κ3) is 2.13. The van der Waals surface area contributed by atoms with Gasteiger partial charge in [0.1, 0.15) is 0 Å². The van der Waals surface area contributed by atoms with Crippen LogP contribution in [0.3, 0.4) is 0 Å². The second kappa shape index (κ2) is 4.48. The van der Waals surface area contributed by atoms with Crippen LogP contribution in [-0.4, -0.2) is 50.8 Å². The number of H-pyrrole nitrogens is 1. The first kappa shape index (κ1) is 10.9. The number of carbonyl (C=O) groups excluding carboxylic acids is 1. The number of nitrogens with two attached hydrogens (primary N) is 1. The second-order valence-corrected chi connectivity index (χ2v) is 3.98. The van der Waals surface area contributed by atoms with Gasteiger partial charge in [0.05, 0.1) is 0 Å². The highest BCUT2D eigenvalue weighted by Gasteiger charge is 2.25. The average molecular weight is 225 g/mol. The van der Waals surface area contributed by atoms with Crippen LogP contribution in [0.15, 0.2) is 0 Å². The molecule has 0 aromatic carbocycles. The number of likely N-dealkylation sites (tertiary alicyclic amines) is 1. The number of aliphatic hydroxyl groups is 1. The number of nitrogens with one attached hydrogen (secondary N) is 1. The summed E-state index contributed by atoms with van der Waals surface area (Å²) in [7, 11) is 0. The number of anilines is 1. The molecule has 4 N–H and O–H groups in total. The Morgan fingerprint density at radius 2 is 2.50 bits per heavy atom. The zero-order valence-corrected chi connectivity index (χ0v) is 8.89. The van der Waals surface area contributed by atoms with Crippen LogP contribution < -0.4 is 5.73 Å². The number of aliphatic hydroxyl groups excluding tert-OH is 1. The molecule has 1 aliphatic heterocycles. The van der Waals surface area contributed by atoms with Crippen LogP contribution in [0.25, 0.3) is 0 Å². The summed E-state index contributed by atoms with van der Waals surface area (Å²) in [6, 6.07) is 0. The molecule has 0 spiro atoms. The lowest BCUT2D eigenvalue weighted by molar-refractivity contribution is 0.0609. The van der Waals surface area contributed by atoms with Crippen molar-refractivity contribution < 1.29 is 9.90 Å². The molecular weight excluding hydrogens is 210 g/mol. The standard InChI is InChI=1S/C9H15N5O2/c10-9-11-7(12-13-9)8(16)14-3-1-2-6(4-14)5-15/h6,15H,1-5H2,(H3,10,11,12,13). The zero-order chi connectivity index (χ0) is 11.5. The number of hydrogen-bond donors (Lipinski definition) is 3. The molecule has 7 nitrogen and oxygen atoms in total. The van der Waals surface area contributed by atoms with Crippen molar-refractivity contribution in [2.75, 3.05) is 25.4 Å². The molecule has 1 aliphatic rings. The summed E-state index contributed by atoms with van der Waals surface area (Å²) < 4.78 is 0. The van der Waals surface area contributed by atoms with E-state index < -0.39 is 0 Å². The molecule has 0 saturated carbocycles. The van der Waals surface area contributed by atoms with Crippen molar-refractivity contribution in [1.29, 1.82) is 0 Å². The Bertz CT molecular complexity index is 378. The van der Waals surface area contributed by atoms with E-state index in [0.29, 0.717) is 13.1 Å². The predicted molar refractivity (Wildman–Crippen MR) is 56.5 cm³/mol. The molecule has 1 saturated heterocycles. The van der Waals surface area contributed by atoms with Crippen molar-refractivity contribution in [1.82, 2.24) is 20.1 Å². The Morgan fingerprint density at radius 3 is 3.12 bits per heavy atom. The normalized spacial score (nSPS) is 21.1. The third-order valence-corrected chi connectivity index (χ3v) is 2.77. The molecule has 1 aromatic rings. The van der Waals surface area contributed by atoms with E-state index in [9.17, 15) is 4.79 Å². The van der Waals surface area contributed by atoms with Gasteiger partial charge in [-0.3, -0.25) is 9.89 Å². The topological polar surface area (TPSA) is 108 Å². The quantitative estimate of drug-likeness (QED) is 0.612. The number of nitrogens with zero attached hydrogens (tertiary/aromatic N) is 3. The minimum atomic E-state index is -0.206. The highest BCUT2D eigenvalue weighted by molar-refractivity contribution is 5.90. The number of piperidine rings is 1. The summed E-state index contributed by atoms with van der Waals surface area (Å²) in [5, 5.41) is 15.2. The average Bonchev–Trinajstić information content (AvgIpc) is 2.75. The first-order chi connectivity index (χ1) is 7.70. The van der Waals surface area contributed by atoms with E-state index >= 15 is 0 Å². The van der Waals surface area contributed by atoms with Gasteiger partial charge < -0.3 is 15.7 Å². The molecule has 0 radical (unpaired) electrons. The van der Waals surface area contributed by atoms with Crippen molar-refractivity contribution >= 4 is 11.9 Å². The van der Waals surface area contributed by atoms with E-state index in [0.717, 1.165) is 12.8 Å². The van der Waals surface area contributed by atoms with E-state index in [-0.39, 0.29) is 30.2 Å². The van der Waals surface area contributed by atoms with Gasteiger partial charge in [-0.2, -0.15) is 4.98 Å². The molecule has 2 heterocycles. The van der Waals surface area contributed by atoms with E-state index in [4.69, 9.17) is 10.8 Å². The van der Waals surface area contributed by atoms with Gasteiger partial charge in [-0.1, -0.05) is 0 Å². The molecule has 2 rings (SSSR count). The lowest BCUT2D eigenvalue weighted by Gasteiger charge is -2.31. The Kier molecular flexibility index (Phi) is 3.04. The molecule has 16 heavy (non-hydrogen) atoms. The number of hydrogen-bond acceptors (Lipinski definition) is 5. The number of nitrogen functional groups attached to an aromatic ring is 1. The molecule has 1 amide bonds. The van der Waals surface area contributed by atoms with E-state index in [1.54, 1.807) is 4.90 Å². The fourth-order valence-corrected chi connectivity index (χ4v) is 1.92. The Hall–Kier alpha value is -1.63. The van der Waals surface area contributed by atoms with E-state index in [2.05, 4.69) is 15.2 Å². The maximum Gasteiger partial charge on any atom is 0.291 e. The minimum Gasteiger partial charge on any atom is -0.396 e. The molecule has 1 atom stereocenters. The van der Waals surface area contributed by atoms with Crippen LogP contribution >= 0.6 is 0 Å². The monoisotopic (exact) mass is 225 g/mol. The Balaban J connectivity index is 2.04. The van der Waals surface area contributed by atoms with Crippen molar-refractivity contribution in [3.05, 3.63) is 5.82 Å². The number of rotatable bonds is 2. The molecule has 7 heteroatoms. The van der Waals surface area contributed by atoms with Crippen LogP contribution in [0.5, 0.6) is 0 Å². The Morgan fingerprint density at radius 1 is 1.69 bits per heavy atom. The van der Waals surface area contributed by atoms with Gasteiger partial charge in [-0.05, 0) is 18.8 Å². The zero-order valence-electron chi connectivity index (χ0n) is 8.89. The van der Waals surface area contributed by atoms with Crippen LogP contribution in [0.1, 0.15) is 23.5 Å². The number of aromatic nitrogens is 3. The van der Waals surface area contributed by atoms with Gasteiger partial charge in [0, 0.05) is 19.7 Å². The molecule has 1 unspecified atom stereocenters. The summed E-state index contributed by atoms with van der Waals surface area (Å²) in [4.78, 5) is 17.4. The van der Waals surface area contributed by atoms with Crippen LogP contribution in [0, 0.1) is 5.92 Å². The van der Waals surface area contributed by atoms with Gasteiger partial charge in [0.15, 0.2) is 0 Å². The first-order valence-corrected chi connectivity index (χ1v) is 5.28. The molecule has 88 valence electrons. The molecule has 1 aromatic heterocycles.